The summed E-state index contributed by atoms with van der Waals surface area (Å²) in [6, 6.07) is 10.8. The number of hydrogen-bond donors (Lipinski definition) is 1. The molecule has 0 unspecified atom stereocenters. The van der Waals surface area contributed by atoms with Gasteiger partial charge in [0, 0.05) is 30.2 Å². The molecule has 2 heterocycles. The van der Waals surface area contributed by atoms with E-state index < -0.39 is 0 Å². The molecule has 0 bridgehead atoms. The molecule has 0 spiro atoms. The van der Waals surface area contributed by atoms with Gasteiger partial charge in [-0.15, -0.1) is 0 Å². The molecule has 0 aliphatic heterocycles. The third kappa shape index (κ3) is 4.63. The fourth-order valence-corrected chi connectivity index (χ4v) is 3.48. The summed E-state index contributed by atoms with van der Waals surface area (Å²) >= 11 is 0. The van der Waals surface area contributed by atoms with E-state index in [0.29, 0.717) is 40.0 Å². The zero-order valence-corrected chi connectivity index (χ0v) is 19.2. The number of amides is 1. The Bertz CT molecular complexity index is 1300. The van der Waals surface area contributed by atoms with Crippen LogP contribution < -0.4 is 24.3 Å². The predicted octanol–water partition coefficient (Wildman–Crippen LogP) is 4.08. The molecule has 0 aliphatic rings. The van der Waals surface area contributed by atoms with Crippen molar-refractivity contribution in [3.63, 3.8) is 0 Å². The summed E-state index contributed by atoms with van der Waals surface area (Å²) in [5.74, 6) is 2.26. The molecule has 0 saturated heterocycles. The molecule has 0 saturated carbocycles. The SMILES string of the molecule is COc1ccc(-c2cn3cccnc3n2)cc1NC(=O)/C=C/c1cc(OC)c(OC)c(OC)c1. The van der Waals surface area contributed by atoms with Gasteiger partial charge in [0.2, 0.25) is 17.4 Å². The van der Waals surface area contributed by atoms with E-state index in [1.165, 1.54) is 27.4 Å². The maximum atomic E-state index is 12.7. The quantitative estimate of drug-likeness (QED) is 0.396. The smallest absolute Gasteiger partial charge is 0.248 e. The Morgan fingerprint density at radius 1 is 0.971 bits per heavy atom. The third-order valence-corrected chi connectivity index (χ3v) is 5.10. The lowest BCUT2D eigenvalue weighted by Crippen LogP contribution is -2.09. The zero-order chi connectivity index (χ0) is 24.1. The monoisotopic (exact) mass is 460 g/mol. The highest BCUT2D eigenvalue weighted by atomic mass is 16.5. The van der Waals surface area contributed by atoms with Crippen molar-refractivity contribution in [2.45, 2.75) is 0 Å². The van der Waals surface area contributed by atoms with E-state index in [1.807, 2.05) is 35.0 Å². The number of aromatic nitrogens is 3. The average molecular weight is 460 g/mol. The summed E-state index contributed by atoms with van der Waals surface area (Å²) in [4.78, 5) is 21.5. The average Bonchev–Trinajstić information content (AvgIpc) is 3.31. The topological polar surface area (TPSA) is 96.2 Å². The number of ether oxygens (including phenoxy) is 4. The van der Waals surface area contributed by atoms with Crippen molar-refractivity contribution in [2.75, 3.05) is 33.8 Å². The number of carbonyl (C=O) groups is 1. The first-order valence-corrected chi connectivity index (χ1v) is 10.3. The number of carbonyl (C=O) groups excluding carboxylic acids is 1. The minimum Gasteiger partial charge on any atom is -0.495 e. The molecule has 174 valence electrons. The maximum Gasteiger partial charge on any atom is 0.248 e. The maximum absolute atomic E-state index is 12.7. The van der Waals surface area contributed by atoms with Crippen molar-refractivity contribution in [1.29, 1.82) is 0 Å². The van der Waals surface area contributed by atoms with Crippen molar-refractivity contribution in [1.82, 2.24) is 14.4 Å². The lowest BCUT2D eigenvalue weighted by Gasteiger charge is -2.13. The number of nitrogens with zero attached hydrogens (tertiary/aromatic N) is 3. The second-order valence-electron chi connectivity index (χ2n) is 7.15. The summed E-state index contributed by atoms with van der Waals surface area (Å²) in [7, 11) is 6.16. The molecule has 0 fully saturated rings. The Hall–Kier alpha value is -4.53. The number of imidazole rings is 1. The largest absolute Gasteiger partial charge is 0.495 e. The van der Waals surface area contributed by atoms with Crippen molar-refractivity contribution in [3.05, 3.63) is 66.6 Å². The Kier molecular flexibility index (Phi) is 6.63. The first-order valence-electron chi connectivity index (χ1n) is 10.3. The van der Waals surface area contributed by atoms with Crippen LogP contribution in [-0.4, -0.2) is 48.7 Å². The molecule has 2 aromatic heterocycles. The number of rotatable bonds is 8. The van der Waals surface area contributed by atoms with Crippen LogP contribution in [0.15, 0.2) is 61.1 Å². The lowest BCUT2D eigenvalue weighted by molar-refractivity contribution is -0.111. The molecule has 4 aromatic rings. The van der Waals surface area contributed by atoms with Crippen molar-refractivity contribution in [3.8, 4) is 34.3 Å². The highest BCUT2D eigenvalue weighted by Gasteiger charge is 2.13. The second kappa shape index (κ2) is 9.95. The zero-order valence-electron chi connectivity index (χ0n) is 19.2. The first kappa shape index (κ1) is 22.7. The summed E-state index contributed by atoms with van der Waals surface area (Å²) in [5.41, 5.74) is 2.77. The molecular weight excluding hydrogens is 436 g/mol. The first-order chi connectivity index (χ1) is 16.6. The van der Waals surface area contributed by atoms with E-state index in [1.54, 1.807) is 37.6 Å². The molecule has 0 atom stereocenters. The van der Waals surface area contributed by atoms with E-state index in [9.17, 15) is 4.79 Å². The van der Waals surface area contributed by atoms with Crippen LogP contribution in [0.4, 0.5) is 5.69 Å². The number of nitrogens with one attached hydrogen (secondary N) is 1. The summed E-state index contributed by atoms with van der Waals surface area (Å²) < 4.78 is 23.3. The van der Waals surface area contributed by atoms with Gasteiger partial charge in [0.1, 0.15) is 5.75 Å². The number of benzene rings is 2. The van der Waals surface area contributed by atoms with Crippen molar-refractivity contribution >= 4 is 23.4 Å². The highest BCUT2D eigenvalue weighted by Crippen LogP contribution is 2.38. The van der Waals surface area contributed by atoms with Crippen LogP contribution in [-0.2, 0) is 4.79 Å². The third-order valence-electron chi connectivity index (χ3n) is 5.10. The van der Waals surface area contributed by atoms with E-state index >= 15 is 0 Å². The van der Waals surface area contributed by atoms with E-state index in [4.69, 9.17) is 18.9 Å². The Labute approximate surface area is 196 Å². The van der Waals surface area contributed by atoms with Gasteiger partial charge in [-0.25, -0.2) is 9.97 Å². The molecule has 0 aliphatic carbocycles. The van der Waals surface area contributed by atoms with Gasteiger partial charge in [-0.2, -0.15) is 0 Å². The Morgan fingerprint density at radius 3 is 2.35 bits per heavy atom. The fourth-order valence-electron chi connectivity index (χ4n) is 3.48. The van der Waals surface area contributed by atoms with Crippen LogP contribution in [0.1, 0.15) is 5.56 Å². The van der Waals surface area contributed by atoms with Crippen LogP contribution in [0, 0.1) is 0 Å². The molecule has 9 nitrogen and oxygen atoms in total. The Morgan fingerprint density at radius 2 is 1.71 bits per heavy atom. The normalized spacial score (nSPS) is 10.9. The second-order valence-corrected chi connectivity index (χ2v) is 7.15. The number of fused-ring (bicyclic) bond motifs is 1. The van der Waals surface area contributed by atoms with Crippen LogP contribution in [0.25, 0.3) is 23.1 Å². The fraction of sp³-hybridized carbons (Fsp3) is 0.160. The van der Waals surface area contributed by atoms with Gasteiger partial charge in [-0.05, 0) is 48.0 Å². The van der Waals surface area contributed by atoms with Crippen LogP contribution in [0.2, 0.25) is 0 Å². The molecule has 34 heavy (non-hydrogen) atoms. The van der Waals surface area contributed by atoms with Crippen LogP contribution >= 0.6 is 0 Å². The van der Waals surface area contributed by atoms with E-state index in [0.717, 1.165) is 11.3 Å². The minimum atomic E-state index is -0.333. The Balaban J connectivity index is 1.58. The number of anilines is 1. The standard InChI is InChI=1S/C25H24N4O5/c1-31-20-8-7-17(19-15-29-11-5-10-26-25(29)28-19)14-18(20)27-23(30)9-6-16-12-21(32-2)24(34-4)22(13-16)33-3/h5-15H,1-4H3,(H,27,30)/b9-6+. The van der Waals surface area contributed by atoms with Crippen molar-refractivity contribution in [2.24, 2.45) is 0 Å². The van der Waals surface area contributed by atoms with Gasteiger partial charge in [-0.1, -0.05) is 0 Å². The van der Waals surface area contributed by atoms with Gasteiger partial charge in [0.05, 0.1) is 39.8 Å². The van der Waals surface area contributed by atoms with E-state index in [-0.39, 0.29) is 5.91 Å². The van der Waals surface area contributed by atoms with Crippen LogP contribution in [0.5, 0.6) is 23.0 Å². The molecular formula is C25H24N4O5. The summed E-state index contributed by atoms with van der Waals surface area (Å²) in [5, 5.41) is 2.87. The van der Waals surface area contributed by atoms with Crippen molar-refractivity contribution < 1.29 is 23.7 Å². The van der Waals surface area contributed by atoms with Gasteiger partial charge < -0.3 is 24.3 Å². The molecule has 0 radical (unpaired) electrons. The van der Waals surface area contributed by atoms with Gasteiger partial charge >= 0.3 is 0 Å². The minimum absolute atomic E-state index is 0.333. The van der Waals surface area contributed by atoms with Gasteiger partial charge in [0.25, 0.3) is 0 Å². The van der Waals surface area contributed by atoms with Gasteiger partial charge in [-0.3, -0.25) is 9.20 Å². The predicted molar refractivity (Wildman–Crippen MR) is 129 cm³/mol. The molecule has 1 amide bonds. The molecule has 2 aromatic carbocycles. The highest BCUT2D eigenvalue weighted by molar-refractivity contribution is 6.03. The van der Waals surface area contributed by atoms with Crippen LogP contribution in [0.3, 0.4) is 0 Å². The number of methoxy groups -OCH3 is 4. The molecule has 9 heteroatoms. The molecule has 1 N–H and O–H groups in total. The summed E-state index contributed by atoms with van der Waals surface area (Å²) in [6.45, 7) is 0. The lowest BCUT2D eigenvalue weighted by atomic mass is 10.1. The van der Waals surface area contributed by atoms with Gasteiger partial charge in [0.15, 0.2) is 11.5 Å². The summed E-state index contributed by atoms with van der Waals surface area (Å²) in [6.07, 6.45) is 8.51. The van der Waals surface area contributed by atoms with E-state index in [2.05, 4.69) is 15.3 Å². The number of hydrogen-bond acceptors (Lipinski definition) is 7. The molecule has 4 rings (SSSR count).